The zero-order chi connectivity index (χ0) is 25.2. The highest BCUT2D eigenvalue weighted by Gasteiger charge is 2.31. The second-order valence-electron chi connectivity index (χ2n) is 8.38. The predicted molar refractivity (Wildman–Crippen MR) is 122 cm³/mol. The average Bonchev–Trinajstić information content (AvgIpc) is 3.43. The van der Waals surface area contributed by atoms with Gasteiger partial charge in [0, 0.05) is 19.3 Å². The number of carbonyl (C=O) groups is 1. The molecule has 0 amide bonds. The summed E-state index contributed by atoms with van der Waals surface area (Å²) in [6, 6.07) is 3.67. The van der Waals surface area contributed by atoms with Crippen LogP contribution in [0.2, 0.25) is 0 Å². The van der Waals surface area contributed by atoms with Gasteiger partial charge in [-0.3, -0.25) is 9.48 Å². The van der Waals surface area contributed by atoms with Crippen molar-refractivity contribution in [1.29, 1.82) is 0 Å². The number of hydrogen-bond donors (Lipinski definition) is 2. The molecule has 188 valence electrons. The number of pyridine rings is 1. The van der Waals surface area contributed by atoms with Gasteiger partial charge in [0.2, 0.25) is 5.95 Å². The molecule has 3 aromatic rings. The Bertz CT molecular complexity index is 1200. The third kappa shape index (κ3) is 5.78. The van der Waals surface area contributed by atoms with Crippen LogP contribution in [0, 0.1) is 12.8 Å². The maximum absolute atomic E-state index is 12.5. The molecule has 1 atom stereocenters. The Hall–Kier alpha value is -3.48. The number of hydrogen-bond acceptors (Lipinski definition) is 8. The lowest BCUT2D eigenvalue weighted by molar-refractivity contribution is -0.174. The van der Waals surface area contributed by atoms with Crippen LogP contribution in [0.15, 0.2) is 18.3 Å². The van der Waals surface area contributed by atoms with Gasteiger partial charge in [0.25, 0.3) is 0 Å². The molecule has 1 fully saturated rings. The summed E-state index contributed by atoms with van der Waals surface area (Å²) < 4.78 is 43.7. The number of halogens is 3. The fourth-order valence-electron chi connectivity index (χ4n) is 3.91. The number of carboxylic acid groups (broad SMARTS) is 1. The van der Waals surface area contributed by atoms with Crippen molar-refractivity contribution in [2.75, 3.05) is 36.5 Å². The topological polar surface area (TPSA) is 118 Å². The fraction of sp³-hybridized carbons (Fsp3) is 0.500. The van der Waals surface area contributed by atoms with E-state index in [1.54, 1.807) is 12.3 Å². The van der Waals surface area contributed by atoms with Gasteiger partial charge in [0.15, 0.2) is 5.82 Å². The van der Waals surface area contributed by atoms with Crippen LogP contribution in [-0.4, -0.2) is 68.3 Å². The lowest BCUT2D eigenvalue weighted by Gasteiger charge is -2.18. The highest BCUT2D eigenvalue weighted by molar-refractivity contribution is 5.90. The highest BCUT2D eigenvalue weighted by Crippen LogP contribution is 2.30. The van der Waals surface area contributed by atoms with Crippen molar-refractivity contribution in [1.82, 2.24) is 24.7 Å². The first-order chi connectivity index (χ1) is 16.6. The van der Waals surface area contributed by atoms with Crippen LogP contribution in [0.3, 0.4) is 0 Å². The van der Waals surface area contributed by atoms with Crippen molar-refractivity contribution < 1.29 is 27.8 Å². The van der Waals surface area contributed by atoms with Crippen molar-refractivity contribution in [3.8, 4) is 0 Å². The number of carboxylic acids is 1. The number of aryl methyl sites for hydroxylation is 2. The van der Waals surface area contributed by atoms with Gasteiger partial charge in [-0.1, -0.05) is 13.0 Å². The van der Waals surface area contributed by atoms with Crippen molar-refractivity contribution in [2.24, 2.45) is 5.92 Å². The van der Waals surface area contributed by atoms with Crippen molar-refractivity contribution in [3.05, 3.63) is 29.6 Å². The summed E-state index contributed by atoms with van der Waals surface area (Å²) in [4.78, 5) is 27.0. The lowest BCUT2D eigenvalue weighted by atomic mass is 10.1. The molecule has 0 saturated carbocycles. The number of aromatic nitrogens is 5. The number of alkyl halides is 3. The molecular weight excluding hydrogens is 467 g/mol. The molecule has 0 unspecified atom stereocenters. The van der Waals surface area contributed by atoms with Gasteiger partial charge < -0.3 is 20.1 Å². The standard InChI is InChI=1S/C22H26F3N7O3/c1-3-15-17-18(32(30-15)8-9-35-12-22(23,24)25)19(27-16-5-4-13(2)10-26-16)29-21(28-17)31-7-6-14(11-31)20(33)34/h4-5,10,14H,3,6-9,11-12H2,1-2H3,(H,33,34)(H,26,27,28,29)/t14-/m0/s1. The SMILES string of the molecule is CCc1nn(CCOCC(F)(F)F)c2c(Nc3ccc(C)cn3)nc(N3CC[C@H](C(=O)O)C3)nc12. The molecule has 4 heterocycles. The van der Waals surface area contributed by atoms with E-state index in [0.717, 1.165) is 5.56 Å². The Kier molecular flexibility index (Phi) is 7.05. The summed E-state index contributed by atoms with van der Waals surface area (Å²) >= 11 is 0. The first kappa shape index (κ1) is 24.6. The lowest BCUT2D eigenvalue weighted by Crippen LogP contribution is -2.25. The quantitative estimate of drug-likeness (QED) is 0.433. The zero-order valence-electron chi connectivity index (χ0n) is 19.3. The van der Waals surface area contributed by atoms with Crippen LogP contribution in [0.4, 0.5) is 30.8 Å². The van der Waals surface area contributed by atoms with Crippen LogP contribution in [0.5, 0.6) is 0 Å². The zero-order valence-corrected chi connectivity index (χ0v) is 19.3. The second kappa shape index (κ2) is 10.0. The van der Waals surface area contributed by atoms with Gasteiger partial charge in [-0.05, 0) is 31.4 Å². The van der Waals surface area contributed by atoms with Crippen LogP contribution in [-0.2, 0) is 22.5 Å². The summed E-state index contributed by atoms with van der Waals surface area (Å²) in [6.45, 7) is 3.11. The van der Waals surface area contributed by atoms with E-state index in [-0.39, 0.29) is 19.7 Å². The number of ether oxygens (including phenoxy) is 1. The van der Waals surface area contributed by atoms with Gasteiger partial charge in [-0.2, -0.15) is 23.3 Å². The molecule has 0 aliphatic carbocycles. The monoisotopic (exact) mass is 493 g/mol. The van der Waals surface area contributed by atoms with E-state index in [2.05, 4.69) is 25.4 Å². The number of nitrogens with one attached hydrogen (secondary N) is 1. The summed E-state index contributed by atoms with van der Waals surface area (Å²) in [6.07, 6.45) is -1.70. The van der Waals surface area contributed by atoms with E-state index in [0.29, 0.717) is 53.7 Å². The van der Waals surface area contributed by atoms with Crippen molar-refractivity contribution in [3.63, 3.8) is 0 Å². The minimum absolute atomic E-state index is 0.0656. The Labute approximate surface area is 199 Å². The third-order valence-electron chi connectivity index (χ3n) is 5.67. The molecule has 3 aromatic heterocycles. The molecule has 0 radical (unpaired) electrons. The first-order valence-corrected chi connectivity index (χ1v) is 11.2. The Morgan fingerprint density at radius 3 is 2.74 bits per heavy atom. The van der Waals surface area contributed by atoms with Gasteiger partial charge in [0.1, 0.15) is 23.5 Å². The molecule has 0 bridgehead atoms. The molecule has 0 aromatic carbocycles. The van der Waals surface area contributed by atoms with E-state index in [4.69, 9.17) is 4.74 Å². The van der Waals surface area contributed by atoms with Gasteiger partial charge in [-0.25, -0.2) is 9.97 Å². The van der Waals surface area contributed by atoms with Gasteiger partial charge in [-0.15, -0.1) is 0 Å². The summed E-state index contributed by atoms with van der Waals surface area (Å²) in [5.41, 5.74) is 2.67. The number of fused-ring (bicyclic) bond motifs is 1. The number of rotatable bonds is 9. The Morgan fingerprint density at radius 1 is 1.31 bits per heavy atom. The molecule has 2 N–H and O–H groups in total. The second-order valence-corrected chi connectivity index (χ2v) is 8.38. The first-order valence-electron chi connectivity index (χ1n) is 11.2. The minimum atomic E-state index is -4.41. The predicted octanol–water partition coefficient (Wildman–Crippen LogP) is 3.33. The minimum Gasteiger partial charge on any atom is -0.481 e. The maximum Gasteiger partial charge on any atom is 0.411 e. The average molecular weight is 493 g/mol. The van der Waals surface area contributed by atoms with Crippen LogP contribution >= 0.6 is 0 Å². The number of nitrogens with zero attached hydrogens (tertiary/aromatic N) is 6. The molecule has 10 nitrogen and oxygen atoms in total. The number of anilines is 3. The Balaban J connectivity index is 1.72. The van der Waals surface area contributed by atoms with Crippen LogP contribution in [0.1, 0.15) is 24.6 Å². The molecule has 35 heavy (non-hydrogen) atoms. The van der Waals surface area contributed by atoms with Crippen LogP contribution in [0.25, 0.3) is 11.0 Å². The summed E-state index contributed by atoms with van der Waals surface area (Å²) in [7, 11) is 0. The molecule has 4 rings (SSSR count). The number of aliphatic carboxylic acids is 1. The highest BCUT2D eigenvalue weighted by atomic mass is 19.4. The molecule has 1 aliphatic rings. The molecule has 1 aliphatic heterocycles. The third-order valence-corrected chi connectivity index (χ3v) is 5.67. The van der Waals surface area contributed by atoms with Crippen LogP contribution < -0.4 is 10.2 Å². The molecule has 13 heteroatoms. The normalized spacial score (nSPS) is 16.3. The smallest absolute Gasteiger partial charge is 0.411 e. The van der Waals surface area contributed by atoms with E-state index in [1.807, 2.05) is 24.8 Å². The molecular formula is C22H26F3N7O3. The Morgan fingerprint density at radius 2 is 2.11 bits per heavy atom. The van der Waals surface area contributed by atoms with E-state index in [1.165, 1.54) is 4.68 Å². The van der Waals surface area contributed by atoms with Crippen molar-refractivity contribution in [2.45, 2.75) is 39.4 Å². The fourth-order valence-corrected chi connectivity index (χ4v) is 3.91. The summed E-state index contributed by atoms with van der Waals surface area (Å²) in [5.74, 6) is -0.118. The molecule has 1 saturated heterocycles. The van der Waals surface area contributed by atoms with Crippen molar-refractivity contribution >= 4 is 34.6 Å². The molecule has 0 spiro atoms. The van der Waals surface area contributed by atoms with E-state index >= 15 is 0 Å². The van der Waals surface area contributed by atoms with E-state index < -0.39 is 24.7 Å². The summed E-state index contributed by atoms with van der Waals surface area (Å²) in [5, 5.41) is 17.1. The van der Waals surface area contributed by atoms with Gasteiger partial charge in [0.05, 0.1) is 24.8 Å². The largest absolute Gasteiger partial charge is 0.481 e. The van der Waals surface area contributed by atoms with E-state index in [9.17, 15) is 23.1 Å². The van der Waals surface area contributed by atoms with Gasteiger partial charge >= 0.3 is 12.1 Å². The maximum atomic E-state index is 12.5.